The van der Waals surface area contributed by atoms with Gasteiger partial charge in [0, 0.05) is 6.04 Å². The van der Waals surface area contributed by atoms with Gasteiger partial charge in [0.1, 0.15) is 6.61 Å². The fraction of sp³-hybridized carbons (Fsp3) is 0.300. The Kier molecular flexibility index (Phi) is 8.37. The van der Waals surface area contributed by atoms with E-state index in [1.165, 1.54) is 0 Å². The van der Waals surface area contributed by atoms with Crippen molar-refractivity contribution in [1.29, 1.82) is 0 Å². The van der Waals surface area contributed by atoms with Gasteiger partial charge in [0.05, 0.1) is 6.61 Å². The number of ether oxygens (including phenoxy) is 2. The molecule has 0 aliphatic rings. The molecule has 3 nitrogen and oxygen atoms in total. The quantitative estimate of drug-likeness (QED) is 0.679. The van der Waals surface area contributed by atoms with E-state index < -0.39 is 0 Å². The Bertz CT molecular complexity index is 643. The lowest BCUT2D eigenvalue weighted by atomic mass is 10.0. The van der Waals surface area contributed by atoms with Crippen LogP contribution in [0, 0.1) is 0 Å². The molecule has 2 aromatic carbocycles. The van der Waals surface area contributed by atoms with Crippen LogP contribution in [0.4, 0.5) is 0 Å². The average Bonchev–Trinajstić information content (AvgIpc) is 2.54. The summed E-state index contributed by atoms with van der Waals surface area (Å²) in [6.07, 6.45) is 0.760. The second-order valence-electron chi connectivity index (χ2n) is 5.68. The van der Waals surface area contributed by atoms with E-state index in [0.29, 0.717) is 13.2 Å². The lowest BCUT2D eigenvalue weighted by Gasteiger charge is -2.17. The van der Waals surface area contributed by atoms with Crippen LogP contribution in [0.15, 0.2) is 60.7 Å². The first-order chi connectivity index (χ1) is 11.1. The molecule has 0 aliphatic carbocycles. The summed E-state index contributed by atoms with van der Waals surface area (Å²) < 4.78 is 11.6. The average molecular weight is 348 g/mol. The van der Waals surface area contributed by atoms with Gasteiger partial charge in [-0.15, -0.1) is 19.0 Å². The minimum Gasteiger partial charge on any atom is -0.490 e. The number of hydrogen-bond donors (Lipinski definition) is 1. The Balaban J connectivity index is 0.00000288. The van der Waals surface area contributed by atoms with Gasteiger partial charge in [-0.1, -0.05) is 42.0 Å². The summed E-state index contributed by atoms with van der Waals surface area (Å²) in [6, 6.07) is 15.9. The molecule has 0 bridgehead atoms. The Labute approximate surface area is 150 Å². The summed E-state index contributed by atoms with van der Waals surface area (Å²) in [5.41, 5.74) is 9.44. The van der Waals surface area contributed by atoms with Gasteiger partial charge in [0.25, 0.3) is 0 Å². The molecule has 0 fully saturated rings. The number of rotatable bonds is 8. The monoisotopic (exact) mass is 347 g/mol. The minimum atomic E-state index is -0.0742. The molecule has 2 rings (SSSR count). The normalized spacial score (nSPS) is 11.3. The Hall–Kier alpha value is -1.97. The number of halogens is 1. The highest BCUT2D eigenvalue weighted by Gasteiger charge is 2.12. The first-order valence-electron chi connectivity index (χ1n) is 7.93. The van der Waals surface area contributed by atoms with Gasteiger partial charge in [-0.3, -0.25) is 0 Å². The molecule has 0 amide bonds. The maximum atomic E-state index is 6.22. The molecule has 4 heteroatoms. The van der Waals surface area contributed by atoms with E-state index in [0.717, 1.165) is 34.6 Å². The van der Waals surface area contributed by atoms with E-state index in [2.05, 4.69) is 6.58 Å². The van der Waals surface area contributed by atoms with Crippen molar-refractivity contribution < 1.29 is 9.47 Å². The predicted octanol–water partition coefficient (Wildman–Crippen LogP) is 5.05. The van der Waals surface area contributed by atoms with Crippen LogP contribution in [0.5, 0.6) is 11.5 Å². The summed E-state index contributed by atoms with van der Waals surface area (Å²) in [6.45, 7) is 8.97. The van der Waals surface area contributed by atoms with Gasteiger partial charge in [0.15, 0.2) is 11.5 Å². The highest BCUT2D eigenvalue weighted by Crippen LogP contribution is 2.32. The molecule has 24 heavy (non-hydrogen) atoms. The Morgan fingerprint density at radius 1 is 1.08 bits per heavy atom. The summed E-state index contributed by atoms with van der Waals surface area (Å²) in [7, 11) is 0. The highest BCUT2D eigenvalue weighted by atomic mass is 35.5. The van der Waals surface area contributed by atoms with Crippen LogP contribution in [-0.4, -0.2) is 6.61 Å². The zero-order valence-corrected chi connectivity index (χ0v) is 15.1. The van der Waals surface area contributed by atoms with E-state index >= 15 is 0 Å². The second-order valence-corrected chi connectivity index (χ2v) is 5.68. The molecule has 130 valence electrons. The van der Waals surface area contributed by atoms with Crippen molar-refractivity contribution in [3.05, 3.63) is 71.8 Å². The van der Waals surface area contributed by atoms with Crippen LogP contribution in [0.3, 0.4) is 0 Å². The van der Waals surface area contributed by atoms with Crippen molar-refractivity contribution >= 4 is 12.4 Å². The Morgan fingerprint density at radius 2 is 1.79 bits per heavy atom. The molecule has 0 heterocycles. The van der Waals surface area contributed by atoms with Crippen LogP contribution in [-0.2, 0) is 6.61 Å². The highest BCUT2D eigenvalue weighted by molar-refractivity contribution is 5.85. The molecular weight excluding hydrogens is 322 g/mol. The number of benzene rings is 2. The maximum absolute atomic E-state index is 6.22. The number of nitrogens with two attached hydrogens (primary N) is 1. The van der Waals surface area contributed by atoms with E-state index in [-0.39, 0.29) is 18.4 Å². The second kappa shape index (κ2) is 10.0. The molecular formula is C20H26ClNO2. The van der Waals surface area contributed by atoms with Crippen LogP contribution in [0.2, 0.25) is 0 Å². The van der Waals surface area contributed by atoms with E-state index in [1.807, 2.05) is 62.4 Å². The molecule has 0 radical (unpaired) electrons. The van der Waals surface area contributed by atoms with Gasteiger partial charge < -0.3 is 15.2 Å². The molecule has 0 saturated carbocycles. The lowest BCUT2D eigenvalue weighted by Crippen LogP contribution is -2.11. The van der Waals surface area contributed by atoms with Gasteiger partial charge in [-0.05, 0) is 43.5 Å². The Morgan fingerprint density at radius 3 is 2.42 bits per heavy atom. The third-order valence-corrected chi connectivity index (χ3v) is 3.50. The predicted molar refractivity (Wildman–Crippen MR) is 102 cm³/mol. The van der Waals surface area contributed by atoms with Crippen LogP contribution < -0.4 is 15.2 Å². The van der Waals surface area contributed by atoms with Crippen LogP contribution >= 0.6 is 12.4 Å². The SMILES string of the molecule is C=C(C)C[C@@H](N)c1ccc(OCc2ccccc2)c(OCC)c1.Cl. The standard InChI is InChI=1S/C20H25NO2.ClH/c1-4-22-20-13-17(18(21)12-15(2)3)10-11-19(20)23-14-16-8-6-5-7-9-16;/h5-11,13,18H,2,4,12,14,21H2,1,3H3;1H/t18-;/m1./s1. The first kappa shape index (κ1) is 20.1. The first-order valence-corrected chi connectivity index (χ1v) is 7.93. The van der Waals surface area contributed by atoms with Crippen molar-refractivity contribution in [3.63, 3.8) is 0 Å². The molecule has 1 atom stereocenters. The minimum absolute atomic E-state index is 0. The zero-order chi connectivity index (χ0) is 16.7. The molecule has 2 aromatic rings. The van der Waals surface area contributed by atoms with Crippen LogP contribution in [0.1, 0.15) is 37.4 Å². The third-order valence-electron chi connectivity index (χ3n) is 3.50. The van der Waals surface area contributed by atoms with Gasteiger partial charge >= 0.3 is 0 Å². The lowest BCUT2D eigenvalue weighted by molar-refractivity contribution is 0.269. The van der Waals surface area contributed by atoms with Crippen molar-refractivity contribution in [3.8, 4) is 11.5 Å². The van der Waals surface area contributed by atoms with E-state index in [9.17, 15) is 0 Å². The largest absolute Gasteiger partial charge is 0.490 e. The number of hydrogen-bond acceptors (Lipinski definition) is 3. The topological polar surface area (TPSA) is 44.5 Å². The van der Waals surface area contributed by atoms with Gasteiger partial charge in [-0.25, -0.2) is 0 Å². The van der Waals surface area contributed by atoms with Gasteiger partial charge in [0.2, 0.25) is 0 Å². The van der Waals surface area contributed by atoms with Gasteiger partial charge in [-0.2, -0.15) is 0 Å². The van der Waals surface area contributed by atoms with Crippen molar-refractivity contribution in [2.45, 2.75) is 32.9 Å². The summed E-state index contributed by atoms with van der Waals surface area (Å²) >= 11 is 0. The van der Waals surface area contributed by atoms with Crippen molar-refractivity contribution in [1.82, 2.24) is 0 Å². The summed E-state index contributed by atoms with van der Waals surface area (Å²) in [5.74, 6) is 1.47. The fourth-order valence-electron chi connectivity index (χ4n) is 2.37. The molecule has 0 spiro atoms. The van der Waals surface area contributed by atoms with E-state index in [4.69, 9.17) is 15.2 Å². The maximum Gasteiger partial charge on any atom is 0.161 e. The molecule has 2 N–H and O–H groups in total. The van der Waals surface area contributed by atoms with E-state index in [1.54, 1.807) is 0 Å². The third kappa shape index (κ3) is 5.91. The fourth-order valence-corrected chi connectivity index (χ4v) is 2.37. The van der Waals surface area contributed by atoms with Crippen molar-refractivity contribution in [2.75, 3.05) is 6.61 Å². The zero-order valence-electron chi connectivity index (χ0n) is 14.3. The molecule has 0 saturated heterocycles. The van der Waals surface area contributed by atoms with Crippen molar-refractivity contribution in [2.24, 2.45) is 5.73 Å². The smallest absolute Gasteiger partial charge is 0.161 e. The summed E-state index contributed by atoms with van der Waals surface area (Å²) in [5, 5.41) is 0. The summed E-state index contributed by atoms with van der Waals surface area (Å²) in [4.78, 5) is 0. The van der Waals surface area contributed by atoms with Crippen LogP contribution in [0.25, 0.3) is 0 Å². The molecule has 0 aliphatic heterocycles. The molecule has 0 unspecified atom stereocenters. The molecule has 0 aromatic heterocycles.